The van der Waals surface area contributed by atoms with Gasteiger partial charge in [-0.1, -0.05) is 18.6 Å². The van der Waals surface area contributed by atoms with Crippen molar-refractivity contribution in [3.05, 3.63) is 11.9 Å². The maximum Gasteiger partial charge on any atom is 0.325 e. The van der Waals surface area contributed by atoms with Gasteiger partial charge in [0, 0.05) is 13.1 Å². The fourth-order valence-corrected chi connectivity index (χ4v) is 2.36. The van der Waals surface area contributed by atoms with Gasteiger partial charge < -0.3 is 10.0 Å². The van der Waals surface area contributed by atoms with Crippen LogP contribution in [-0.4, -0.2) is 50.0 Å². The maximum atomic E-state index is 12.2. The number of carboxylic acids is 1. The van der Waals surface area contributed by atoms with Gasteiger partial charge in [-0.25, -0.2) is 4.68 Å². The summed E-state index contributed by atoms with van der Waals surface area (Å²) in [6.45, 7) is 3.34. The summed E-state index contributed by atoms with van der Waals surface area (Å²) in [6, 6.07) is 0. The van der Waals surface area contributed by atoms with Crippen LogP contribution in [0.1, 0.15) is 36.7 Å². The third kappa shape index (κ3) is 3.30. The summed E-state index contributed by atoms with van der Waals surface area (Å²) in [5.41, 5.74) is 0.220. The number of rotatable bonds is 4. The van der Waals surface area contributed by atoms with E-state index in [2.05, 4.69) is 17.2 Å². The molecule has 0 radical (unpaired) electrons. The van der Waals surface area contributed by atoms with E-state index >= 15 is 0 Å². The quantitative estimate of drug-likeness (QED) is 0.863. The molecule has 1 atom stereocenters. The minimum atomic E-state index is -1.01. The first-order chi connectivity index (χ1) is 9.10. The van der Waals surface area contributed by atoms with Gasteiger partial charge in [0.05, 0.1) is 6.20 Å². The lowest BCUT2D eigenvalue weighted by molar-refractivity contribution is -0.137. The number of aromatic nitrogens is 3. The summed E-state index contributed by atoms with van der Waals surface area (Å²) in [7, 11) is 0. The normalized spacial score (nSPS) is 19.4. The Morgan fingerprint density at radius 2 is 2.32 bits per heavy atom. The number of hydrogen-bond acceptors (Lipinski definition) is 4. The van der Waals surface area contributed by atoms with Gasteiger partial charge in [0.1, 0.15) is 6.54 Å². The molecule has 1 aliphatic heterocycles. The molecule has 0 spiro atoms. The number of aliphatic carboxylic acids is 1. The first kappa shape index (κ1) is 13.5. The average Bonchev–Trinajstić information content (AvgIpc) is 2.85. The fraction of sp³-hybridized carbons (Fsp3) is 0.667. The van der Waals surface area contributed by atoms with Crippen LogP contribution >= 0.6 is 0 Å². The Balaban J connectivity index is 2.02. The van der Waals surface area contributed by atoms with Gasteiger partial charge >= 0.3 is 5.97 Å². The molecular formula is C12H18N4O3. The summed E-state index contributed by atoms with van der Waals surface area (Å²) in [4.78, 5) is 24.6. The van der Waals surface area contributed by atoms with Crippen LogP contribution in [-0.2, 0) is 11.3 Å². The highest BCUT2D eigenvalue weighted by atomic mass is 16.4. The van der Waals surface area contributed by atoms with Gasteiger partial charge in [-0.15, -0.1) is 5.10 Å². The standard InChI is InChI=1S/C12H18N4O3/c1-2-9-4-3-5-15(6-9)12(19)10-7-16(14-13-10)8-11(17)18/h7,9H,2-6,8H2,1H3,(H,17,18). The van der Waals surface area contributed by atoms with E-state index in [0.29, 0.717) is 5.92 Å². The number of nitrogens with zero attached hydrogens (tertiary/aromatic N) is 4. The molecule has 104 valence electrons. The number of piperidine rings is 1. The lowest BCUT2D eigenvalue weighted by Crippen LogP contribution is -2.39. The van der Waals surface area contributed by atoms with Crippen LogP contribution in [0.25, 0.3) is 0 Å². The molecule has 1 fully saturated rings. The van der Waals surface area contributed by atoms with Crippen LogP contribution in [0.15, 0.2) is 6.20 Å². The van der Waals surface area contributed by atoms with Crippen LogP contribution in [0.3, 0.4) is 0 Å². The van der Waals surface area contributed by atoms with Crippen molar-refractivity contribution in [1.29, 1.82) is 0 Å². The van der Waals surface area contributed by atoms with Gasteiger partial charge in [0.2, 0.25) is 0 Å². The zero-order chi connectivity index (χ0) is 13.8. The molecule has 7 heteroatoms. The molecule has 1 N–H and O–H groups in total. The Bertz CT molecular complexity index is 471. The Labute approximate surface area is 111 Å². The molecule has 2 heterocycles. The molecule has 19 heavy (non-hydrogen) atoms. The number of carbonyl (C=O) groups excluding carboxylic acids is 1. The van der Waals surface area contributed by atoms with Crippen molar-refractivity contribution in [2.75, 3.05) is 13.1 Å². The number of amides is 1. The van der Waals surface area contributed by atoms with Gasteiger partial charge in [-0.05, 0) is 18.8 Å². The number of hydrogen-bond donors (Lipinski definition) is 1. The molecule has 2 rings (SSSR count). The SMILES string of the molecule is CCC1CCCN(C(=O)c2cn(CC(=O)O)nn2)C1. The second-order valence-corrected chi connectivity index (χ2v) is 4.86. The summed E-state index contributed by atoms with van der Waals surface area (Å²) < 4.78 is 1.16. The van der Waals surface area contributed by atoms with Crippen molar-refractivity contribution in [2.45, 2.75) is 32.7 Å². The Hall–Kier alpha value is -1.92. The van der Waals surface area contributed by atoms with Crippen LogP contribution in [0.5, 0.6) is 0 Å². The first-order valence-corrected chi connectivity index (χ1v) is 6.51. The van der Waals surface area contributed by atoms with Crippen molar-refractivity contribution >= 4 is 11.9 Å². The van der Waals surface area contributed by atoms with E-state index in [0.717, 1.165) is 37.0 Å². The number of carboxylic acid groups (broad SMARTS) is 1. The summed E-state index contributed by atoms with van der Waals surface area (Å²) >= 11 is 0. The minimum absolute atomic E-state index is 0.158. The molecule has 1 saturated heterocycles. The zero-order valence-corrected chi connectivity index (χ0v) is 10.9. The summed E-state index contributed by atoms with van der Waals surface area (Å²) in [5.74, 6) is -0.616. The Morgan fingerprint density at radius 1 is 1.53 bits per heavy atom. The molecule has 0 aliphatic carbocycles. The molecule has 0 bridgehead atoms. The largest absolute Gasteiger partial charge is 0.480 e. The van der Waals surface area contributed by atoms with Gasteiger partial charge in [0.25, 0.3) is 5.91 Å². The van der Waals surface area contributed by atoms with E-state index in [-0.39, 0.29) is 18.1 Å². The molecular weight excluding hydrogens is 248 g/mol. The Kier molecular flexibility index (Phi) is 4.13. The summed E-state index contributed by atoms with van der Waals surface area (Å²) in [5, 5.41) is 16.0. The molecule has 1 aromatic rings. The molecule has 1 unspecified atom stereocenters. The van der Waals surface area contributed by atoms with Crippen LogP contribution in [0.2, 0.25) is 0 Å². The lowest BCUT2D eigenvalue weighted by Gasteiger charge is -2.31. The van der Waals surface area contributed by atoms with Crippen LogP contribution < -0.4 is 0 Å². The third-order valence-corrected chi connectivity index (χ3v) is 3.44. The molecule has 0 saturated carbocycles. The van der Waals surface area contributed by atoms with E-state index in [1.54, 1.807) is 4.90 Å². The smallest absolute Gasteiger partial charge is 0.325 e. The lowest BCUT2D eigenvalue weighted by atomic mass is 9.95. The van der Waals surface area contributed by atoms with Crippen molar-refractivity contribution in [2.24, 2.45) is 5.92 Å². The molecule has 1 aromatic heterocycles. The van der Waals surface area contributed by atoms with Crippen LogP contribution in [0.4, 0.5) is 0 Å². The maximum absolute atomic E-state index is 12.2. The van der Waals surface area contributed by atoms with E-state index in [1.165, 1.54) is 6.20 Å². The molecule has 1 aliphatic rings. The number of carbonyl (C=O) groups is 2. The van der Waals surface area contributed by atoms with Crippen molar-refractivity contribution < 1.29 is 14.7 Å². The van der Waals surface area contributed by atoms with Crippen molar-refractivity contribution in [3.63, 3.8) is 0 Å². The highest BCUT2D eigenvalue weighted by Crippen LogP contribution is 2.20. The Morgan fingerprint density at radius 3 is 3.00 bits per heavy atom. The second kappa shape index (κ2) is 5.81. The van der Waals surface area contributed by atoms with Crippen LogP contribution in [0, 0.1) is 5.92 Å². The highest BCUT2D eigenvalue weighted by Gasteiger charge is 2.25. The third-order valence-electron chi connectivity index (χ3n) is 3.44. The van der Waals surface area contributed by atoms with Crippen molar-refractivity contribution in [1.82, 2.24) is 19.9 Å². The molecule has 1 amide bonds. The predicted molar refractivity (Wildman–Crippen MR) is 66.6 cm³/mol. The van der Waals surface area contributed by atoms with Gasteiger partial charge in [-0.2, -0.15) is 0 Å². The van der Waals surface area contributed by atoms with Crippen molar-refractivity contribution in [3.8, 4) is 0 Å². The molecule has 0 aromatic carbocycles. The second-order valence-electron chi connectivity index (χ2n) is 4.86. The average molecular weight is 266 g/mol. The first-order valence-electron chi connectivity index (χ1n) is 6.51. The minimum Gasteiger partial charge on any atom is -0.480 e. The molecule has 7 nitrogen and oxygen atoms in total. The number of likely N-dealkylation sites (tertiary alicyclic amines) is 1. The van der Waals surface area contributed by atoms with Gasteiger partial charge in [0.15, 0.2) is 5.69 Å². The summed E-state index contributed by atoms with van der Waals surface area (Å²) in [6.07, 6.45) is 4.63. The van der Waals surface area contributed by atoms with E-state index < -0.39 is 5.97 Å². The zero-order valence-electron chi connectivity index (χ0n) is 10.9. The van der Waals surface area contributed by atoms with E-state index in [4.69, 9.17) is 5.11 Å². The fourth-order valence-electron chi connectivity index (χ4n) is 2.36. The highest BCUT2D eigenvalue weighted by molar-refractivity contribution is 5.92. The predicted octanol–water partition coefficient (Wildman–Crippen LogP) is 0.625. The monoisotopic (exact) mass is 266 g/mol. The van der Waals surface area contributed by atoms with E-state index in [9.17, 15) is 9.59 Å². The topological polar surface area (TPSA) is 88.3 Å². The van der Waals surface area contributed by atoms with Gasteiger partial charge in [-0.3, -0.25) is 9.59 Å². The van der Waals surface area contributed by atoms with E-state index in [1.807, 2.05) is 0 Å².